The summed E-state index contributed by atoms with van der Waals surface area (Å²) >= 11 is 6.13. The van der Waals surface area contributed by atoms with Crippen LogP contribution in [-0.2, 0) is 4.79 Å². The molecule has 6 nitrogen and oxygen atoms in total. The number of aryl methyl sites for hydroxylation is 1. The van der Waals surface area contributed by atoms with E-state index in [1.807, 2.05) is 24.4 Å². The van der Waals surface area contributed by atoms with Gasteiger partial charge >= 0.3 is 6.03 Å². The van der Waals surface area contributed by atoms with Gasteiger partial charge in [0, 0.05) is 22.6 Å². The molecule has 23 heavy (non-hydrogen) atoms. The second-order valence-electron chi connectivity index (χ2n) is 4.72. The van der Waals surface area contributed by atoms with Crippen LogP contribution in [-0.4, -0.2) is 16.5 Å². The number of rotatable bonds is 3. The first-order chi connectivity index (χ1) is 10.9. The summed E-state index contributed by atoms with van der Waals surface area (Å²) in [4.78, 5) is 22.4. The van der Waals surface area contributed by atoms with Crippen molar-refractivity contribution in [3.8, 4) is 11.8 Å². The second-order valence-corrected chi connectivity index (χ2v) is 5.13. The lowest BCUT2D eigenvalue weighted by Gasteiger charge is -2.09. The Kier molecular flexibility index (Phi) is 4.84. The van der Waals surface area contributed by atoms with E-state index in [9.17, 15) is 9.59 Å². The Morgan fingerprint density at radius 3 is 2.74 bits per heavy atom. The minimum absolute atomic E-state index is 0.234. The molecule has 0 spiro atoms. The number of imide groups is 1. The van der Waals surface area contributed by atoms with Gasteiger partial charge in [0.2, 0.25) is 0 Å². The van der Waals surface area contributed by atoms with Crippen LogP contribution >= 0.6 is 11.6 Å². The number of benzene rings is 1. The van der Waals surface area contributed by atoms with E-state index in [1.165, 1.54) is 6.08 Å². The smallest absolute Gasteiger partial charge is 0.319 e. The molecule has 0 aliphatic heterocycles. The molecule has 0 atom stereocenters. The summed E-state index contributed by atoms with van der Waals surface area (Å²) in [7, 11) is 0. The number of amides is 3. The van der Waals surface area contributed by atoms with E-state index in [-0.39, 0.29) is 5.57 Å². The van der Waals surface area contributed by atoms with Crippen molar-refractivity contribution in [1.29, 1.82) is 5.26 Å². The summed E-state index contributed by atoms with van der Waals surface area (Å²) in [5, 5.41) is 11.6. The molecule has 3 amide bonds. The summed E-state index contributed by atoms with van der Waals surface area (Å²) in [5.41, 5.74) is 6.96. The molecule has 0 radical (unpaired) electrons. The molecule has 0 saturated heterocycles. The molecular weight excluding hydrogens is 316 g/mol. The highest BCUT2D eigenvalue weighted by atomic mass is 35.5. The van der Waals surface area contributed by atoms with Crippen molar-refractivity contribution in [1.82, 2.24) is 9.88 Å². The van der Waals surface area contributed by atoms with Crippen LogP contribution in [0.4, 0.5) is 4.79 Å². The largest absolute Gasteiger partial charge is 0.351 e. The molecule has 0 bridgehead atoms. The number of nitrogens with zero attached hydrogens (tertiary/aromatic N) is 2. The van der Waals surface area contributed by atoms with Gasteiger partial charge in [0.1, 0.15) is 11.6 Å². The standard InChI is InChI=1S/C16H13ClN4O2/c1-10-4-5-13(8-14(10)17)21-6-2-3-12(21)7-11(9-18)15(22)20-16(19)23/h2-8H,1H3,(H3,19,20,22,23)/b11-7-. The van der Waals surface area contributed by atoms with E-state index in [1.54, 1.807) is 35.0 Å². The second kappa shape index (κ2) is 6.81. The molecule has 7 heteroatoms. The number of carbonyl (C=O) groups excluding carboxylic acids is 2. The van der Waals surface area contributed by atoms with Gasteiger partial charge < -0.3 is 10.3 Å². The molecule has 0 unspecified atom stereocenters. The molecule has 0 aliphatic carbocycles. The number of carbonyl (C=O) groups is 2. The Morgan fingerprint density at radius 1 is 1.39 bits per heavy atom. The molecule has 0 saturated carbocycles. The average Bonchev–Trinajstić information content (AvgIpc) is 2.95. The number of nitriles is 1. The summed E-state index contributed by atoms with van der Waals surface area (Å²) < 4.78 is 1.76. The number of urea groups is 1. The fourth-order valence-corrected chi connectivity index (χ4v) is 2.13. The molecule has 1 aromatic heterocycles. The van der Waals surface area contributed by atoms with Crippen LogP contribution in [0.3, 0.4) is 0 Å². The molecule has 1 heterocycles. The Bertz CT molecular complexity index is 846. The maximum Gasteiger partial charge on any atom is 0.319 e. The van der Waals surface area contributed by atoms with Gasteiger partial charge in [-0.05, 0) is 42.8 Å². The number of hydrogen-bond donors (Lipinski definition) is 2. The highest BCUT2D eigenvalue weighted by Crippen LogP contribution is 2.22. The van der Waals surface area contributed by atoms with Crippen molar-refractivity contribution in [3.63, 3.8) is 0 Å². The maximum atomic E-state index is 11.7. The molecule has 2 aromatic rings. The lowest BCUT2D eigenvalue weighted by molar-refractivity contribution is -0.115. The van der Waals surface area contributed by atoms with Crippen molar-refractivity contribution >= 4 is 29.6 Å². The zero-order chi connectivity index (χ0) is 17.0. The normalized spacial score (nSPS) is 10.9. The van der Waals surface area contributed by atoms with Crippen molar-refractivity contribution in [2.45, 2.75) is 6.92 Å². The third-order valence-electron chi connectivity index (χ3n) is 3.11. The molecule has 0 aliphatic rings. The van der Waals surface area contributed by atoms with Crippen molar-refractivity contribution < 1.29 is 9.59 Å². The number of aromatic nitrogens is 1. The Hall–Kier alpha value is -3.04. The topological polar surface area (TPSA) is 101 Å². The Balaban J connectivity index is 2.42. The monoisotopic (exact) mass is 328 g/mol. The number of primary amides is 1. The van der Waals surface area contributed by atoms with Crippen molar-refractivity contribution in [2.75, 3.05) is 0 Å². The van der Waals surface area contributed by atoms with Crippen molar-refractivity contribution in [3.05, 3.63) is 58.4 Å². The van der Waals surface area contributed by atoms with Crippen molar-refractivity contribution in [2.24, 2.45) is 5.73 Å². The number of hydrogen-bond acceptors (Lipinski definition) is 3. The lowest BCUT2D eigenvalue weighted by Crippen LogP contribution is -2.35. The molecule has 1 aromatic carbocycles. The van der Waals surface area contributed by atoms with Gasteiger partial charge in [0.15, 0.2) is 0 Å². The summed E-state index contributed by atoms with van der Waals surface area (Å²) in [6.45, 7) is 1.89. The predicted molar refractivity (Wildman–Crippen MR) is 86.8 cm³/mol. The van der Waals surface area contributed by atoms with E-state index in [4.69, 9.17) is 22.6 Å². The minimum Gasteiger partial charge on any atom is -0.351 e. The summed E-state index contributed by atoms with van der Waals surface area (Å²) in [5.74, 6) is -0.852. The zero-order valence-electron chi connectivity index (χ0n) is 12.2. The van der Waals surface area contributed by atoms with Crippen LogP contribution in [0.1, 0.15) is 11.3 Å². The van der Waals surface area contributed by atoms with Gasteiger partial charge in [-0.25, -0.2) is 4.79 Å². The van der Waals surface area contributed by atoms with Crippen LogP contribution < -0.4 is 11.1 Å². The van der Waals surface area contributed by atoms with Gasteiger partial charge in [-0.15, -0.1) is 0 Å². The minimum atomic E-state index is -1.02. The van der Waals surface area contributed by atoms with Crippen LogP contribution in [0.25, 0.3) is 11.8 Å². The van der Waals surface area contributed by atoms with Crippen LogP contribution in [0.2, 0.25) is 5.02 Å². The fourth-order valence-electron chi connectivity index (χ4n) is 1.95. The third kappa shape index (κ3) is 3.78. The van der Waals surface area contributed by atoms with E-state index < -0.39 is 11.9 Å². The third-order valence-corrected chi connectivity index (χ3v) is 3.52. The number of nitrogens with one attached hydrogen (secondary N) is 1. The quantitative estimate of drug-likeness (QED) is 0.668. The zero-order valence-corrected chi connectivity index (χ0v) is 13.0. The maximum absolute atomic E-state index is 11.7. The first kappa shape index (κ1) is 16.3. The summed E-state index contributed by atoms with van der Waals surface area (Å²) in [6, 6.07) is 9.74. The number of halogens is 1. The lowest BCUT2D eigenvalue weighted by atomic mass is 10.2. The Labute approximate surface area is 137 Å². The Morgan fingerprint density at radius 2 is 2.13 bits per heavy atom. The van der Waals surface area contributed by atoms with Crippen LogP contribution in [0.5, 0.6) is 0 Å². The molecule has 2 rings (SSSR count). The summed E-state index contributed by atoms with van der Waals surface area (Å²) in [6.07, 6.45) is 3.14. The molecule has 3 N–H and O–H groups in total. The van der Waals surface area contributed by atoms with E-state index in [2.05, 4.69) is 0 Å². The SMILES string of the molecule is Cc1ccc(-n2cccc2/C=C(/C#N)C(=O)NC(N)=O)cc1Cl. The number of nitrogens with two attached hydrogens (primary N) is 1. The molecule has 116 valence electrons. The van der Waals surface area contributed by atoms with Gasteiger partial charge in [-0.3, -0.25) is 10.1 Å². The van der Waals surface area contributed by atoms with Gasteiger partial charge in [-0.1, -0.05) is 17.7 Å². The average molecular weight is 329 g/mol. The van der Waals surface area contributed by atoms with Crippen LogP contribution in [0, 0.1) is 18.3 Å². The molecule has 0 fully saturated rings. The van der Waals surface area contributed by atoms with Gasteiger partial charge in [-0.2, -0.15) is 5.26 Å². The van der Waals surface area contributed by atoms with E-state index >= 15 is 0 Å². The van der Waals surface area contributed by atoms with E-state index in [0.717, 1.165) is 11.3 Å². The van der Waals surface area contributed by atoms with E-state index in [0.29, 0.717) is 10.7 Å². The van der Waals surface area contributed by atoms with Gasteiger partial charge in [0.25, 0.3) is 5.91 Å². The fraction of sp³-hybridized carbons (Fsp3) is 0.0625. The highest BCUT2D eigenvalue weighted by molar-refractivity contribution is 6.31. The first-order valence-corrected chi connectivity index (χ1v) is 6.96. The first-order valence-electron chi connectivity index (χ1n) is 6.59. The van der Waals surface area contributed by atoms with Crippen LogP contribution in [0.15, 0.2) is 42.1 Å². The predicted octanol–water partition coefficient (Wildman–Crippen LogP) is 2.54. The molecular formula is C16H13ClN4O2. The highest BCUT2D eigenvalue weighted by Gasteiger charge is 2.12. The van der Waals surface area contributed by atoms with Gasteiger partial charge in [0.05, 0.1) is 0 Å².